The highest BCUT2D eigenvalue weighted by atomic mass is 32.2. The molecule has 0 bridgehead atoms. The summed E-state index contributed by atoms with van der Waals surface area (Å²) in [4.78, 5) is 12.8. The van der Waals surface area contributed by atoms with Crippen LogP contribution < -0.4 is 5.73 Å². The molecule has 0 aliphatic rings. The van der Waals surface area contributed by atoms with E-state index in [9.17, 15) is 4.79 Å². The summed E-state index contributed by atoms with van der Waals surface area (Å²) >= 11 is 1.35. The van der Waals surface area contributed by atoms with E-state index in [2.05, 4.69) is 6.92 Å². The summed E-state index contributed by atoms with van der Waals surface area (Å²) in [6, 6.07) is 7.93. The summed E-state index contributed by atoms with van der Waals surface area (Å²) in [5.41, 5.74) is 6.65. The lowest BCUT2D eigenvalue weighted by molar-refractivity contribution is -0.111. The topological polar surface area (TPSA) is 43.1 Å². The van der Waals surface area contributed by atoms with Gasteiger partial charge in [0.25, 0.3) is 0 Å². The molecule has 0 saturated carbocycles. The fourth-order valence-electron chi connectivity index (χ4n) is 1.93. The predicted molar refractivity (Wildman–Crippen MR) is 83.2 cm³/mol. The molecule has 1 rings (SSSR count). The average Bonchev–Trinajstić information content (AvgIpc) is 2.43. The van der Waals surface area contributed by atoms with E-state index in [4.69, 9.17) is 5.73 Å². The monoisotopic (exact) mass is 279 g/mol. The molecule has 2 nitrogen and oxygen atoms in total. The average molecular weight is 279 g/mol. The number of hydrogen-bond donors (Lipinski definition) is 1. The molecule has 0 amide bonds. The SMILES string of the molecule is CCCCCCCCC(=O)Sc1ccc(CN)cc1. The van der Waals surface area contributed by atoms with Crippen molar-refractivity contribution in [3.8, 4) is 0 Å². The van der Waals surface area contributed by atoms with Gasteiger partial charge in [-0.25, -0.2) is 0 Å². The maximum atomic E-state index is 11.8. The number of hydrogen-bond acceptors (Lipinski definition) is 3. The van der Waals surface area contributed by atoms with Crippen molar-refractivity contribution in [1.29, 1.82) is 0 Å². The van der Waals surface area contributed by atoms with Gasteiger partial charge in [0, 0.05) is 17.9 Å². The summed E-state index contributed by atoms with van der Waals surface area (Å²) in [6.07, 6.45) is 8.05. The Kier molecular flexibility index (Phi) is 8.59. The molecule has 0 spiro atoms. The van der Waals surface area contributed by atoms with Crippen LogP contribution in [-0.2, 0) is 11.3 Å². The Morgan fingerprint density at radius 3 is 2.32 bits per heavy atom. The third-order valence-corrected chi connectivity index (χ3v) is 4.06. The van der Waals surface area contributed by atoms with Gasteiger partial charge < -0.3 is 5.73 Å². The highest BCUT2D eigenvalue weighted by molar-refractivity contribution is 8.13. The fraction of sp³-hybridized carbons (Fsp3) is 0.562. The molecular weight excluding hydrogens is 254 g/mol. The summed E-state index contributed by atoms with van der Waals surface area (Å²) in [6.45, 7) is 2.77. The standard InChI is InChI=1S/C16H25NOS/c1-2-3-4-5-6-7-8-16(18)19-15-11-9-14(13-17)10-12-15/h9-12H,2-8,13,17H2,1H3. The minimum atomic E-state index is 0.274. The molecular formula is C16H25NOS. The van der Waals surface area contributed by atoms with Crippen LogP contribution >= 0.6 is 11.8 Å². The van der Waals surface area contributed by atoms with E-state index in [1.54, 1.807) is 0 Å². The maximum absolute atomic E-state index is 11.8. The molecule has 1 aromatic rings. The van der Waals surface area contributed by atoms with Gasteiger partial charge in [-0.3, -0.25) is 4.79 Å². The summed E-state index contributed by atoms with van der Waals surface area (Å²) < 4.78 is 0. The van der Waals surface area contributed by atoms with Gasteiger partial charge in [0.1, 0.15) is 0 Å². The van der Waals surface area contributed by atoms with Crippen molar-refractivity contribution in [2.75, 3.05) is 0 Å². The molecule has 1 aromatic carbocycles. The van der Waals surface area contributed by atoms with E-state index in [0.717, 1.165) is 16.9 Å². The van der Waals surface area contributed by atoms with E-state index in [0.29, 0.717) is 13.0 Å². The van der Waals surface area contributed by atoms with Crippen LogP contribution in [0.3, 0.4) is 0 Å². The lowest BCUT2D eigenvalue weighted by atomic mass is 10.1. The van der Waals surface area contributed by atoms with E-state index >= 15 is 0 Å². The molecule has 0 aliphatic carbocycles. The van der Waals surface area contributed by atoms with Crippen molar-refractivity contribution >= 4 is 16.9 Å². The van der Waals surface area contributed by atoms with Crippen LogP contribution in [0, 0.1) is 0 Å². The first-order valence-corrected chi connectivity index (χ1v) is 8.07. The number of unbranched alkanes of at least 4 members (excludes halogenated alkanes) is 5. The van der Waals surface area contributed by atoms with Crippen molar-refractivity contribution in [3.05, 3.63) is 29.8 Å². The first-order chi connectivity index (χ1) is 9.26. The Balaban J connectivity index is 2.16. The number of carbonyl (C=O) groups is 1. The Hall–Kier alpha value is -0.800. The van der Waals surface area contributed by atoms with Crippen LogP contribution in [0.1, 0.15) is 57.4 Å². The Morgan fingerprint density at radius 2 is 1.68 bits per heavy atom. The quantitative estimate of drug-likeness (QED) is 0.534. The number of thioether (sulfide) groups is 1. The molecule has 0 heterocycles. The molecule has 106 valence electrons. The lowest BCUT2D eigenvalue weighted by Crippen LogP contribution is -1.96. The van der Waals surface area contributed by atoms with E-state index < -0.39 is 0 Å². The maximum Gasteiger partial charge on any atom is 0.193 e. The van der Waals surface area contributed by atoms with Gasteiger partial charge in [-0.05, 0) is 24.1 Å². The second-order valence-electron chi connectivity index (χ2n) is 4.84. The van der Waals surface area contributed by atoms with Crippen molar-refractivity contribution in [2.45, 2.75) is 63.3 Å². The minimum absolute atomic E-state index is 0.274. The Labute approximate surface area is 121 Å². The molecule has 0 radical (unpaired) electrons. The van der Waals surface area contributed by atoms with E-state index in [-0.39, 0.29) is 5.12 Å². The summed E-state index contributed by atoms with van der Waals surface area (Å²) in [7, 11) is 0. The molecule has 0 saturated heterocycles. The second-order valence-corrected chi connectivity index (χ2v) is 5.97. The van der Waals surface area contributed by atoms with Crippen molar-refractivity contribution in [1.82, 2.24) is 0 Å². The highest BCUT2D eigenvalue weighted by Gasteiger charge is 2.04. The molecule has 0 unspecified atom stereocenters. The van der Waals surface area contributed by atoms with Gasteiger partial charge in [0.05, 0.1) is 0 Å². The molecule has 2 N–H and O–H groups in total. The first kappa shape index (κ1) is 16.3. The third-order valence-electron chi connectivity index (χ3n) is 3.13. The van der Waals surface area contributed by atoms with Crippen LogP contribution in [0.2, 0.25) is 0 Å². The predicted octanol–water partition coefficient (Wildman–Crippen LogP) is 4.51. The van der Waals surface area contributed by atoms with Crippen LogP contribution in [0.4, 0.5) is 0 Å². The zero-order chi connectivity index (χ0) is 13.9. The molecule has 0 aromatic heterocycles. The van der Waals surface area contributed by atoms with E-state index in [1.165, 1.54) is 43.9 Å². The van der Waals surface area contributed by atoms with Crippen molar-refractivity contribution < 1.29 is 4.79 Å². The second kappa shape index (κ2) is 10.0. The van der Waals surface area contributed by atoms with Gasteiger partial charge in [-0.1, -0.05) is 62.9 Å². The molecule has 0 fully saturated rings. The Bertz CT molecular complexity index is 362. The molecule has 3 heteroatoms. The number of carbonyl (C=O) groups excluding carboxylic acids is 1. The largest absolute Gasteiger partial charge is 0.326 e. The zero-order valence-corrected chi connectivity index (χ0v) is 12.7. The van der Waals surface area contributed by atoms with Crippen molar-refractivity contribution in [3.63, 3.8) is 0 Å². The lowest BCUT2D eigenvalue weighted by Gasteiger charge is -2.03. The van der Waals surface area contributed by atoms with Gasteiger partial charge in [-0.2, -0.15) is 0 Å². The van der Waals surface area contributed by atoms with E-state index in [1.807, 2.05) is 24.3 Å². The van der Waals surface area contributed by atoms with Crippen LogP contribution in [0.5, 0.6) is 0 Å². The number of benzene rings is 1. The zero-order valence-electron chi connectivity index (χ0n) is 11.9. The van der Waals surface area contributed by atoms with Gasteiger partial charge >= 0.3 is 0 Å². The molecule has 0 aliphatic heterocycles. The highest BCUT2D eigenvalue weighted by Crippen LogP contribution is 2.22. The van der Waals surface area contributed by atoms with Gasteiger partial charge in [0.2, 0.25) is 0 Å². The normalized spacial score (nSPS) is 10.6. The first-order valence-electron chi connectivity index (χ1n) is 7.26. The third kappa shape index (κ3) is 7.38. The van der Waals surface area contributed by atoms with Crippen LogP contribution in [0.25, 0.3) is 0 Å². The summed E-state index contributed by atoms with van der Waals surface area (Å²) in [5, 5.41) is 0.274. The van der Waals surface area contributed by atoms with Crippen LogP contribution in [-0.4, -0.2) is 5.12 Å². The van der Waals surface area contributed by atoms with Gasteiger partial charge in [0.15, 0.2) is 5.12 Å². The number of nitrogens with two attached hydrogens (primary N) is 1. The fourth-order valence-corrected chi connectivity index (χ4v) is 2.71. The summed E-state index contributed by atoms with van der Waals surface area (Å²) in [5.74, 6) is 0. The van der Waals surface area contributed by atoms with Crippen LogP contribution in [0.15, 0.2) is 29.2 Å². The smallest absolute Gasteiger partial charge is 0.193 e. The Morgan fingerprint density at radius 1 is 1.05 bits per heavy atom. The number of rotatable bonds is 9. The molecule has 0 atom stereocenters. The molecule has 19 heavy (non-hydrogen) atoms. The van der Waals surface area contributed by atoms with Gasteiger partial charge in [-0.15, -0.1) is 0 Å². The minimum Gasteiger partial charge on any atom is -0.326 e. The van der Waals surface area contributed by atoms with Crippen molar-refractivity contribution in [2.24, 2.45) is 5.73 Å².